The second-order valence-electron chi connectivity index (χ2n) is 6.36. The molecule has 8 heteroatoms. The van der Waals surface area contributed by atoms with Crippen molar-refractivity contribution >= 4 is 17.4 Å². The lowest BCUT2D eigenvalue weighted by Crippen LogP contribution is -2.38. The molecule has 2 aromatic rings. The zero-order valence-corrected chi connectivity index (χ0v) is 15.0. The highest BCUT2D eigenvalue weighted by molar-refractivity contribution is 5.76. The topological polar surface area (TPSA) is 93.7 Å². The quantitative estimate of drug-likeness (QED) is 0.819. The molecule has 0 saturated carbocycles. The van der Waals surface area contributed by atoms with Crippen molar-refractivity contribution in [1.29, 1.82) is 0 Å². The number of hydrogen-bond acceptors (Lipinski definition) is 6. The fourth-order valence-corrected chi connectivity index (χ4v) is 2.93. The van der Waals surface area contributed by atoms with Gasteiger partial charge in [0.25, 0.3) is 5.56 Å². The Morgan fingerprint density at radius 3 is 2.65 bits per heavy atom. The molecular formula is C18H23N5O3. The molecule has 8 nitrogen and oxygen atoms in total. The number of rotatable bonds is 5. The predicted octanol–water partition coefficient (Wildman–Crippen LogP) is 0.163. The maximum atomic E-state index is 12.9. The number of nitrogens with zero attached hydrogens (tertiary/aromatic N) is 4. The highest BCUT2D eigenvalue weighted by Gasteiger charge is 2.18. The van der Waals surface area contributed by atoms with Crippen LogP contribution in [0.5, 0.6) is 0 Å². The van der Waals surface area contributed by atoms with Crippen molar-refractivity contribution in [3.8, 4) is 5.69 Å². The smallest absolute Gasteiger partial charge is 0.260 e. The van der Waals surface area contributed by atoms with Crippen LogP contribution >= 0.6 is 0 Å². The summed E-state index contributed by atoms with van der Waals surface area (Å²) in [6.07, 6.45) is -0.111. The molecule has 0 spiro atoms. The first-order valence-corrected chi connectivity index (χ1v) is 8.47. The fourth-order valence-electron chi connectivity index (χ4n) is 2.93. The molecule has 1 amide bonds. The van der Waals surface area contributed by atoms with Gasteiger partial charge in [0.2, 0.25) is 5.91 Å². The second-order valence-corrected chi connectivity index (χ2v) is 6.36. The Morgan fingerprint density at radius 2 is 2.00 bits per heavy atom. The van der Waals surface area contributed by atoms with Gasteiger partial charge in [0.05, 0.1) is 25.3 Å². The number of carbonyl (C=O) groups excluding carboxylic acids is 1. The van der Waals surface area contributed by atoms with Crippen molar-refractivity contribution in [2.45, 2.75) is 6.42 Å². The average molecular weight is 357 g/mol. The standard InChI is InChI=1S/C18H23N5O3/c1-21(2)13-4-3-5-14(10-13)23-17(11-15(19)24)20-16(12-18(23)25)22-6-8-26-9-7-22/h3-5,10,12H,6-9,11H2,1-2H3,(H2,19,24). The van der Waals surface area contributed by atoms with Crippen LogP contribution in [0.25, 0.3) is 5.69 Å². The molecule has 1 aromatic heterocycles. The zero-order chi connectivity index (χ0) is 18.7. The monoisotopic (exact) mass is 357 g/mol. The first-order chi connectivity index (χ1) is 12.5. The van der Waals surface area contributed by atoms with Gasteiger partial charge in [0, 0.05) is 38.9 Å². The van der Waals surface area contributed by atoms with E-state index in [1.165, 1.54) is 10.6 Å². The zero-order valence-electron chi connectivity index (χ0n) is 15.0. The molecule has 2 heterocycles. The molecule has 0 unspecified atom stereocenters. The summed E-state index contributed by atoms with van der Waals surface area (Å²) in [4.78, 5) is 32.9. The number of morpholine rings is 1. The predicted molar refractivity (Wildman–Crippen MR) is 100 cm³/mol. The Labute approximate surface area is 151 Å². The minimum Gasteiger partial charge on any atom is -0.378 e. The van der Waals surface area contributed by atoms with Gasteiger partial charge in [0.15, 0.2) is 0 Å². The van der Waals surface area contributed by atoms with E-state index in [0.717, 1.165) is 5.69 Å². The van der Waals surface area contributed by atoms with E-state index in [9.17, 15) is 9.59 Å². The van der Waals surface area contributed by atoms with Gasteiger partial charge in [-0.15, -0.1) is 0 Å². The van der Waals surface area contributed by atoms with E-state index in [-0.39, 0.29) is 12.0 Å². The van der Waals surface area contributed by atoms with Gasteiger partial charge in [-0.3, -0.25) is 14.2 Å². The van der Waals surface area contributed by atoms with Crippen LogP contribution in [-0.4, -0.2) is 55.9 Å². The normalized spacial score (nSPS) is 14.3. The van der Waals surface area contributed by atoms with Crippen molar-refractivity contribution in [2.75, 3.05) is 50.2 Å². The highest BCUT2D eigenvalue weighted by atomic mass is 16.5. The summed E-state index contributed by atoms with van der Waals surface area (Å²) in [5.74, 6) is 0.352. The van der Waals surface area contributed by atoms with Gasteiger partial charge in [-0.1, -0.05) is 6.07 Å². The maximum absolute atomic E-state index is 12.9. The van der Waals surface area contributed by atoms with Crippen LogP contribution < -0.4 is 21.1 Å². The summed E-state index contributed by atoms with van der Waals surface area (Å²) in [5.41, 5.74) is 6.74. The van der Waals surface area contributed by atoms with Crippen molar-refractivity contribution in [2.24, 2.45) is 5.73 Å². The average Bonchev–Trinajstić information content (AvgIpc) is 2.61. The third-order valence-corrected chi connectivity index (χ3v) is 4.25. The largest absolute Gasteiger partial charge is 0.378 e. The number of nitrogens with two attached hydrogens (primary N) is 1. The summed E-state index contributed by atoms with van der Waals surface area (Å²) < 4.78 is 6.79. The third kappa shape index (κ3) is 3.85. The molecule has 0 bridgehead atoms. The number of anilines is 2. The van der Waals surface area contributed by atoms with E-state index in [1.807, 2.05) is 48.2 Å². The number of carbonyl (C=O) groups is 1. The minimum absolute atomic E-state index is 0.111. The lowest BCUT2D eigenvalue weighted by molar-refractivity contribution is -0.117. The summed E-state index contributed by atoms with van der Waals surface area (Å²) in [6.45, 7) is 2.48. The molecule has 138 valence electrons. The lowest BCUT2D eigenvalue weighted by atomic mass is 10.2. The molecule has 26 heavy (non-hydrogen) atoms. The van der Waals surface area contributed by atoms with Crippen molar-refractivity contribution in [3.63, 3.8) is 0 Å². The van der Waals surface area contributed by atoms with Crippen LogP contribution in [0.1, 0.15) is 5.82 Å². The maximum Gasteiger partial charge on any atom is 0.260 e. The van der Waals surface area contributed by atoms with E-state index in [0.29, 0.717) is 43.6 Å². The molecule has 0 aliphatic carbocycles. The van der Waals surface area contributed by atoms with E-state index < -0.39 is 5.91 Å². The molecular weight excluding hydrogens is 334 g/mol. The molecule has 3 rings (SSSR count). The van der Waals surface area contributed by atoms with E-state index in [2.05, 4.69) is 4.98 Å². The van der Waals surface area contributed by atoms with Crippen LogP contribution in [0.15, 0.2) is 35.1 Å². The fraction of sp³-hybridized carbons (Fsp3) is 0.389. The van der Waals surface area contributed by atoms with E-state index in [1.54, 1.807) is 0 Å². The van der Waals surface area contributed by atoms with Crippen LogP contribution in [0, 0.1) is 0 Å². The van der Waals surface area contributed by atoms with Gasteiger partial charge >= 0.3 is 0 Å². The summed E-state index contributed by atoms with van der Waals surface area (Å²) >= 11 is 0. The Bertz CT molecular complexity index is 856. The molecule has 2 N–H and O–H groups in total. The number of ether oxygens (including phenoxy) is 1. The number of primary amides is 1. The molecule has 1 saturated heterocycles. The third-order valence-electron chi connectivity index (χ3n) is 4.25. The molecule has 1 fully saturated rings. The lowest BCUT2D eigenvalue weighted by Gasteiger charge is -2.28. The number of hydrogen-bond donors (Lipinski definition) is 1. The first-order valence-electron chi connectivity index (χ1n) is 8.47. The SMILES string of the molecule is CN(C)c1cccc(-n2c(CC(N)=O)nc(N3CCOCC3)cc2=O)c1. The molecule has 1 aromatic carbocycles. The van der Waals surface area contributed by atoms with Gasteiger partial charge in [-0.25, -0.2) is 4.98 Å². The Morgan fingerprint density at radius 1 is 1.27 bits per heavy atom. The van der Waals surface area contributed by atoms with Gasteiger partial charge < -0.3 is 20.3 Å². The molecule has 0 atom stereocenters. The summed E-state index contributed by atoms with van der Waals surface area (Å²) in [5, 5.41) is 0. The van der Waals surface area contributed by atoms with Crippen LogP contribution in [0.3, 0.4) is 0 Å². The molecule has 1 aliphatic heterocycles. The summed E-state index contributed by atoms with van der Waals surface area (Å²) in [6, 6.07) is 8.99. The van der Waals surface area contributed by atoms with Crippen LogP contribution in [0.2, 0.25) is 0 Å². The Hall–Kier alpha value is -2.87. The highest BCUT2D eigenvalue weighted by Crippen LogP contribution is 2.19. The number of aromatic nitrogens is 2. The van der Waals surface area contributed by atoms with Crippen molar-refractivity contribution in [1.82, 2.24) is 9.55 Å². The van der Waals surface area contributed by atoms with Gasteiger partial charge in [0.1, 0.15) is 11.6 Å². The van der Waals surface area contributed by atoms with Gasteiger partial charge in [-0.05, 0) is 18.2 Å². The van der Waals surface area contributed by atoms with Crippen LogP contribution in [-0.2, 0) is 16.0 Å². The minimum atomic E-state index is -0.534. The first kappa shape index (κ1) is 17.9. The van der Waals surface area contributed by atoms with Crippen LogP contribution in [0.4, 0.5) is 11.5 Å². The van der Waals surface area contributed by atoms with Crippen molar-refractivity contribution < 1.29 is 9.53 Å². The number of benzene rings is 1. The second kappa shape index (κ2) is 7.57. The Kier molecular flexibility index (Phi) is 5.22. The Balaban J connectivity index is 2.10. The van der Waals surface area contributed by atoms with E-state index in [4.69, 9.17) is 10.5 Å². The molecule has 1 aliphatic rings. The number of amides is 1. The van der Waals surface area contributed by atoms with Crippen molar-refractivity contribution in [3.05, 3.63) is 46.5 Å². The van der Waals surface area contributed by atoms with Gasteiger partial charge in [-0.2, -0.15) is 0 Å². The summed E-state index contributed by atoms with van der Waals surface area (Å²) in [7, 11) is 3.85. The molecule has 0 radical (unpaired) electrons. The van der Waals surface area contributed by atoms with E-state index >= 15 is 0 Å².